The Balaban J connectivity index is 1.99. The SMILES string of the molecule is COc1ccc(Br)cc1NC(=O)[C@H](OC(=O)c1ccccc1Cl)[C@@H](OC(=O)c1ccccc1Cl)C(=O)O. The van der Waals surface area contributed by atoms with Crippen LogP contribution in [0.15, 0.2) is 71.2 Å². The summed E-state index contributed by atoms with van der Waals surface area (Å²) in [6.45, 7) is 0. The number of hydrogen-bond acceptors (Lipinski definition) is 7. The van der Waals surface area contributed by atoms with Gasteiger partial charge < -0.3 is 24.6 Å². The molecule has 0 radical (unpaired) electrons. The number of carboxylic acid groups (broad SMARTS) is 1. The summed E-state index contributed by atoms with van der Waals surface area (Å²) in [6.07, 6.45) is -4.40. The molecule has 192 valence electrons. The first-order valence-electron chi connectivity index (χ1n) is 10.4. The van der Waals surface area contributed by atoms with Crippen molar-refractivity contribution in [3.8, 4) is 5.75 Å². The van der Waals surface area contributed by atoms with E-state index in [9.17, 15) is 24.3 Å². The molecule has 9 nitrogen and oxygen atoms in total. The number of amides is 1. The van der Waals surface area contributed by atoms with Crippen LogP contribution < -0.4 is 10.1 Å². The van der Waals surface area contributed by atoms with E-state index in [4.69, 9.17) is 37.4 Å². The fraction of sp³-hybridized carbons (Fsp3) is 0.120. The molecular weight excluding hydrogens is 593 g/mol. The quantitative estimate of drug-likeness (QED) is 0.315. The van der Waals surface area contributed by atoms with Gasteiger partial charge in [0.25, 0.3) is 5.91 Å². The zero-order valence-electron chi connectivity index (χ0n) is 18.9. The van der Waals surface area contributed by atoms with E-state index < -0.39 is 36.0 Å². The van der Waals surface area contributed by atoms with Crippen LogP contribution in [0.25, 0.3) is 0 Å². The Bertz CT molecular complexity index is 1350. The predicted molar refractivity (Wildman–Crippen MR) is 138 cm³/mol. The van der Waals surface area contributed by atoms with Gasteiger partial charge >= 0.3 is 17.9 Å². The van der Waals surface area contributed by atoms with Crippen molar-refractivity contribution in [2.24, 2.45) is 0 Å². The predicted octanol–water partition coefficient (Wildman–Crippen LogP) is 5.24. The van der Waals surface area contributed by atoms with Gasteiger partial charge in [0.1, 0.15) is 5.75 Å². The number of rotatable bonds is 9. The number of halogens is 3. The number of carbonyl (C=O) groups excluding carboxylic acids is 3. The molecule has 3 rings (SSSR count). The normalized spacial score (nSPS) is 12.1. The summed E-state index contributed by atoms with van der Waals surface area (Å²) in [4.78, 5) is 51.1. The fourth-order valence-corrected chi connectivity index (χ4v) is 3.87. The second-order valence-electron chi connectivity index (χ2n) is 7.28. The van der Waals surface area contributed by atoms with Gasteiger partial charge in [-0.1, -0.05) is 63.4 Å². The maximum atomic E-state index is 13.3. The monoisotopic (exact) mass is 609 g/mol. The summed E-state index contributed by atoms with van der Waals surface area (Å²) in [6, 6.07) is 16.2. The van der Waals surface area contributed by atoms with Gasteiger partial charge in [-0.05, 0) is 42.5 Å². The van der Waals surface area contributed by atoms with Crippen molar-refractivity contribution in [2.45, 2.75) is 12.2 Å². The molecule has 0 aliphatic heterocycles. The summed E-state index contributed by atoms with van der Waals surface area (Å²) >= 11 is 15.3. The van der Waals surface area contributed by atoms with E-state index in [0.29, 0.717) is 4.47 Å². The molecule has 0 aliphatic carbocycles. The molecule has 2 atom stereocenters. The van der Waals surface area contributed by atoms with Gasteiger partial charge in [0.2, 0.25) is 12.2 Å². The lowest BCUT2D eigenvalue weighted by molar-refractivity contribution is -0.157. The molecule has 0 bridgehead atoms. The molecule has 0 unspecified atom stereocenters. The van der Waals surface area contributed by atoms with Crippen molar-refractivity contribution >= 4 is 68.6 Å². The van der Waals surface area contributed by atoms with E-state index in [0.717, 1.165) is 0 Å². The van der Waals surface area contributed by atoms with E-state index in [-0.39, 0.29) is 32.6 Å². The highest BCUT2D eigenvalue weighted by atomic mass is 79.9. The molecule has 0 aromatic heterocycles. The highest BCUT2D eigenvalue weighted by Gasteiger charge is 2.41. The second kappa shape index (κ2) is 12.6. The third-order valence-electron chi connectivity index (χ3n) is 4.85. The molecule has 3 aromatic carbocycles. The zero-order chi connectivity index (χ0) is 27.1. The van der Waals surface area contributed by atoms with Crippen molar-refractivity contribution in [3.63, 3.8) is 0 Å². The number of carbonyl (C=O) groups is 4. The third kappa shape index (κ3) is 7.00. The van der Waals surface area contributed by atoms with E-state index in [1.165, 1.54) is 55.6 Å². The lowest BCUT2D eigenvalue weighted by Crippen LogP contribution is -2.48. The number of esters is 2. The molecule has 0 saturated carbocycles. The molecule has 0 heterocycles. The molecule has 2 N–H and O–H groups in total. The lowest BCUT2D eigenvalue weighted by Gasteiger charge is -2.24. The smallest absolute Gasteiger partial charge is 0.349 e. The van der Waals surface area contributed by atoms with Crippen molar-refractivity contribution in [2.75, 3.05) is 12.4 Å². The van der Waals surface area contributed by atoms with Gasteiger partial charge in [-0.2, -0.15) is 0 Å². The van der Waals surface area contributed by atoms with Crippen LogP contribution >= 0.6 is 39.1 Å². The highest BCUT2D eigenvalue weighted by molar-refractivity contribution is 9.10. The van der Waals surface area contributed by atoms with Crippen LogP contribution in [0.1, 0.15) is 20.7 Å². The largest absolute Gasteiger partial charge is 0.495 e. The van der Waals surface area contributed by atoms with E-state index >= 15 is 0 Å². The first-order valence-corrected chi connectivity index (χ1v) is 12.0. The number of anilines is 1. The van der Waals surface area contributed by atoms with Crippen LogP contribution in [-0.4, -0.2) is 48.2 Å². The van der Waals surface area contributed by atoms with E-state index in [1.54, 1.807) is 18.2 Å². The summed E-state index contributed by atoms with van der Waals surface area (Å²) < 4.78 is 16.2. The molecule has 37 heavy (non-hydrogen) atoms. The number of hydrogen-bond donors (Lipinski definition) is 2. The van der Waals surface area contributed by atoms with Crippen LogP contribution in [0.2, 0.25) is 10.0 Å². The van der Waals surface area contributed by atoms with Gasteiger partial charge in [0.15, 0.2) is 0 Å². The van der Waals surface area contributed by atoms with Crippen LogP contribution in [0, 0.1) is 0 Å². The average Bonchev–Trinajstić information content (AvgIpc) is 2.86. The van der Waals surface area contributed by atoms with E-state index in [2.05, 4.69) is 21.2 Å². The fourth-order valence-electron chi connectivity index (χ4n) is 3.09. The third-order valence-corrected chi connectivity index (χ3v) is 6.00. The van der Waals surface area contributed by atoms with Gasteiger partial charge in [-0.25, -0.2) is 14.4 Å². The summed E-state index contributed by atoms with van der Waals surface area (Å²) in [5, 5.41) is 12.3. The Labute approximate surface area is 229 Å². The Morgan fingerprint density at radius 1 is 0.838 bits per heavy atom. The first-order chi connectivity index (χ1) is 17.6. The Morgan fingerprint density at radius 2 is 1.35 bits per heavy atom. The molecule has 0 aliphatic rings. The standard InChI is InChI=1S/C25H18BrCl2NO8/c1-35-19-11-10-13(26)12-18(19)29-22(30)20(36-24(33)14-6-2-4-8-16(14)27)21(23(31)32)37-25(34)15-7-3-5-9-17(15)28/h2-12,20-21H,1H3,(H,29,30)(H,31,32)/t20-,21-/m1/s1. The topological polar surface area (TPSA) is 128 Å². The minimum absolute atomic E-state index is 0.000236. The Morgan fingerprint density at radius 3 is 1.84 bits per heavy atom. The Kier molecular flexibility index (Phi) is 9.51. The number of benzene rings is 3. The van der Waals surface area contributed by atoms with Crippen LogP contribution in [0.5, 0.6) is 5.75 Å². The van der Waals surface area contributed by atoms with E-state index in [1.807, 2.05) is 0 Å². The number of ether oxygens (including phenoxy) is 3. The summed E-state index contributed by atoms with van der Waals surface area (Å²) in [5.41, 5.74) is -0.161. The Hall–Kier alpha value is -3.60. The van der Waals surface area contributed by atoms with Crippen molar-refractivity contribution < 1.29 is 38.5 Å². The minimum atomic E-state index is -2.26. The number of carboxylic acids is 1. The van der Waals surface area contributed by atoms with Crippen molar-refractivity contribution in [3.05, 3.63) is 92.4 Å². The van der Waals surface area contributed by atoms with Gasteiger partial charge in [0, 0.05) is 4.47 Å². The maximum absolute atomic E-state index is 13.3. The van der Waals surface area contributed by atoms with Crippen molar-refractivity contribution in [1.82, 2.24) is 0 Å². The summed E-state index contributed by atoms with van der Waals surface area (Å²) in [7, 11) is 1.36. The highest BCUT2D eigenvalue weighted by Crippen LogP contribution is 2.29. The molecule has 12 heteroatoms. The van der Waals surface area contributed by atoms with Gasteiger partial charge in [0.05, 0.1) is 34.0 Å². The second-order valence-corrected chi connectivity index (χ2v) is 9.01. The van der Waals surface area contributed by atoms with Gasteiger partial charge in [-0.15, -0.1) is 0 Å². The number of nitrogens with one attached hydrogen (secondary N) is 1. The minimum Gasteiger partial charge on any atom is -0.495 e. The van der Waals surface area contributed by atoms with Crippen LogP contribution in [0.3, 0.4) is 0 Å². The van der Waals surface area contributed by atoms with Gasteiger partial charge in [-0.3, -0.25) is 4.79 Å². The molecule has 0 saturated heterocycles. The average molecular weight is 611 g/mol. The lowest BCUT2D eigenvalue weighted by atomic mass is 10.1. The molecule has 1 amide bonds. The molecule has 0 spiro atoms. The number of aliphatic carboxylic acids is 1. The van der Waals surface area contributed by atoms with Crippen LogP contribution in [0.4, 0.5) is 5.69 Å². The molecular formula is C25H18BrCl2NO8. The maximum Gasteiger partial charge on any atom is 0.349 e. The molecule has 3 aromatic rings. The number of methoxy groups -OCH3 is 1. The van der Waals surface area contributed by atoms with Crippen molar-refractivity contribution in [1.29, 1.82) is 0 Å². The van der Waals surface area contributed by atoms with Crippen LogP contribution in [-0.2, 0) is 19.1 Å². The molecule has 0 fully saturated rings. The zero-order valence-corrected chi connectivity index (χ0v) is 22.0. The summed E-state index contributed by atoms with van der Waals surface area (Å²) in [5.74, 6) is -4.91. The first kappa shape index (κ1) is 28.0.